The molecule has 1 aliphatic heterocycles. The van der Waals surface area contributed by atoms with Crippen molar-refractivity contribution in [2.75, 3.05) is 23.3 Å². The van der Waals surface area contributed by atoms with Gasteiger partial charge in [-0.3, -0.25) is 4.79 Å². The number of anilines is 2. The van der Waals surface area contributed by atoms with Gasteiger partial charge >= 0.3 is 6.18 Å². The molecule has 0 unspecified atom stereocenters. The number of rotatable bonds is 4. The van der Waals surface area contributed by atoms with E-state index in [0.29, 0.717) is 36.5 Å². The van der Waals surface area contributed by atoms with E-state index >= 15 is 0 Å². The number of amides is 1. The van der Waals surface area contributed by atoms with Gasteiger partial charge in [-0.25, -0.2) is 9.97 Å². The molecular formula is C24H25F3N4O. The third kappa shape index (κ3) is 4.69. The van der Waals surface area contributed by atoms with Crippen LogP contribution >= 0.6 is 0 Å². The van der Waals surface area contributed by atoms with E-state index in [1.54, 1.807) is 18.2 Å². The molecule has 5 nitrogen and oxygen atoms in total. The number of para-hydroxylation sites is 2. The van der Waals surface area contributed by atoms with Crippen LogP contribution in [0.1, 0.15) is 43.9 Å². The predicted octanol–water partition coefficient (Wildman–Crippen LogP) is 5.63. The van der Waals surface area contributed by atoms with Gasteiger partial charge in [-0.05, 0) is 48.6 Å². The van der Waals surface area contributed by atoms with Crippen molar-refractivity contribution in [3.63, 3.8) is 0 Å². The topological polar surface area (TPSA) is 58.1 Å². The Bertz CT molecular complexity index is 1110. The Kier molecular flexibility index (Phi) is 6.04. The summed E-state index contributed by atoms with van der Waals surface area (Å²) in [6.45, 7) is 4.74. The fraction of sp³-hybridized carbons (Fsp3) is 0.375. The van der Waals surface area contributed by atoms with E-state index in [9.17, 15) is 18.0 Å². The van der Waals surface area contributed by atoms with Crippen molar-refractivity contribution in [3.05, 3.63) is 59.8 Å². The first-order valence-electron chi connectivity index (χ1n) is 10.7. The molecule has 4 rings (SSSR count). The Morgan fingerprint density at radius 1 is 1.06 bits per heavy atom. The Labute approximate surface area is 184 Å². The molecule has 2 heterocycles. The number of aromatic nitrogens is 2. The first-order valence-corrected chi connectivity index (χ1v) is 10.7. The zero-order valence-corrected chi connectivity index (χ0v) is 18.0. The number of benzene rings is 2. The number of alkyl halides is 3. The quantitative estimate of drug-likeness (QED) is 0.569. The molecule has 1 aliphatic rings. The van der Waals surface area contributed by atoms with Gasteiger partial charge in [0.05, 0.1) is 17.0 Å². The van der Waals surface area contributed by atoms with Crippen LogP contribution in [0.5, 0.6) is 0 Å². The molecular weight excluding hydrogens is 417 g/mol. The molecule has 1 saturated heterocycles. The van der Waals surface area contributed by atoms with Gasteiger partial charge in [0.15, 0.2) is 11.5 Å². The van der Waals surface area contributed by atoms with Gasteiger partial charge in [0.1, 0.15) is 0 Å². The molecule has 2 aromatic carbocycles. The lowest BCUT2D eigenvalue weighted by molar-refractivity contribution is -0.140. The fourth-order valence-corrected chi connectivity index (χ4v) is 3.98. The average molecular weight is 442 g/mol. The maximum Gasteiger partial charge on any atom is 0.437 e. The molecule has 1 aromatic heterocycles. The van der Waals surface area contributed by atoms with Gasteiger partial charge in [0, 0.05) is 18.8 Å². The number of nitrogens with one attached hydrogen (secondary N) is 1. The van der Waals surface area contributed by atoms with Gasteiger partial charge < -0.3 is 10.2 Å². The lowest BCUT2D eigenvalue weighted by Gasteiger charge is -2.34. The van der Waals surface area contributed by atoms with Crippen molar-refractivity contribution < 1.29 is 18.0 Å². The first-order chi connectivity index (χ1) is 15.2. The van der Waals surface area contributed by atoms with E-state index < -0.39 is 17.8 Å². The second kappa shape index (κ2) is 8.76. The second-order valence-electron chi connectivity index (χ2n) is 8.43. The van der Waals surface area contributed by atoms with Crippen LogP contribution in [0.2, 0.25) is 0 Å². The van der Waals surface area contributed by atoms with Crippen LogP contribution in [0, 0.1) is 5.92 Å². The summed E-state index contributed by atoms with van der Waals surface area (Å²) in [5.74, 6) is -0.468. The van der Waals surface area contributed by atoms with Crippen molar-refractivity contribution in [1.29, 1.82) is 0 Å². The van der Waals surface area contributed by atoms with Crippen molar-refractivity contribution in [2.24, 2.45) is 5.92 Å². The predicted molar refractivity (Wildman–Crippen MR) is 119 cm³/mol. The summed E-state index contributed by atoms with van der Waals surface area (Å²) < 4.78 is 41.3. The van der Waals surface area contributed by atoms with Gasteiger partial charge in [-0.2, -0.15) is 13.2 Å². The van der Waals surface area contributed by atoms with E-state index in [2.05, 4.69) is 29.1 Å². The third-order valence-electron chi connectivity index (χ3n) is 5.76. The third-order valence-corrected chi connectivity index (χ3v) is 5.76. The summed E-state index contributed by atoms with van der Waals surface area (Å²) in [7, 11) is 0. The van der Waals surface area contributed by atoms with Gasteiger partial charge in [-0.1, -0.05) is 38.1 Å². The number of carbonyl (C=O) groups is 1. The maximum atomic E-state index is 13.8. The number of fused-ring (bicyclic) bond motifs is 1. The Hall–Kier alpha value is -3.16. The van der Waals surface area contributed by atoms with Crippen molar-refractivity contribution >= 4 is 28.4 Å². The van der Waals surface area contributed by atoms with Crippen LogP contribution in [0.4, 0.5) is 24.7 Å². The number of piperidine rings is 1. The molecule has 0 bridgehead atoms. The minimum Gasteiger partial charge on any atom is -0.354 e. The Morgan fingerprint density at radius 2 is 1.72 bits per heavy atom. The normalized spacial score (nSPS) is 17.1. The first kappa shape index (κ1) is 22.0. The molecule has 0 spiro atoms. The van der Waals surface area contributed by atoms with E-state index in [1.165, 1.54) is 16.5 Å². The summed E-state index contributed by atoms with van der Waals surface area (Å²) in [5.41, 5.74) is 1.42. The number of nitrogens with zero attached hydrogens (tertiary/aromatic N) is 3. The fourth-order valence-electron chi connectivity index (χ4n) is 3.98. The highest BCUT2D eigenvalue weighted by Gasteiger charge is 2.40. The van der Waals surface area contributed by atoms with Crippen molar-refractivity contribution in [1.82, 2.24) is 9.97 Å². The molecule has 1 amide bonds. The minimum absolute atomic E-state index is 0.159. The molecule has 1 N–H and O–H groups in total. The van der Waals surface area contributed by atoms with E-state index in [1.807, 2.05) is 24.3 Å². The van der Waals surface area contributed by atoms with Crippen molar-refractivity contribution in [3.8, 4) is 0 Å². The Morgan fingerprint density at radius 3 is 2.34 bits per heavy atom. The Balaban J connectivity index is 1.56. The largest absolute Gasteiger partial charge is 0.437 e. The molecule has 32 heavy (non-hydrogen) atoms. The number of hydrogen-bond donors (Lipinski definition) is 1. The maximum absolute atomic E-state index is 13.8. The van der Waals surface area contributed by atoms with Gasteiger partial charge in [-0.15, -0.1) is 0 Å². The summed E-state index contributed by atoms with van der Waals surface area (Å²) in [6, 6.07) is 14.1. The monoisotopic (exact) mass is 442 g/mol. The van der Waals surface area contributed by atoms with E-state index in [-0.39, 0.29) is 23.8 Å². The smallest absolute Gasteiger partial charge is 0.354 e. The van der Waals surface area contributed by atoms with Crippen LogP contribution in [0.15, 0.2) is 48.5 Å². The van der Waals surface area contributed by atoms with E-state index in [4.69, 9.17) is 0 Å². The lowest BCUT2D eigenvalue weighted by atomic mass is 9.96. The second-order valence-corrected chi connectivity index (χ2v) is 8.43. The zero-order chi connectivity index (χ0) is 22.9. The van der Waals surface area contributed by atoms with E-state index in [0.717, 1.165) is 0 Å². The van der Waals surface area contributed by atoms with Gasteiger partial charge in [0.25, 0.3) is 0 Å². The molecule has 3 aromatic rings. The molecule has 0 aliphatic carbocycles. The number of hydrogen-bond acceptors (Lipinski definition) is 4. The molecule has 1 fully saturated rings. The van der Waals surface area contributed by atoms with Crippen LogP contribution in [-0.2, 0) is 11.0 Å². The summed E-state index contributed by atoms with van der Waals surface area (Å²) in [6.07, 6.45) is -3.44. The zero-order valence-electron chi connectivity index (χ0n) is 18.0. The molecule has 0 radical (unpaired) electrons. The molecule has 8 heteroatoms. The summed E-state index contributed by atoms with van der Waals surface area (Å²) in [4.78, 5) is 22.5. The highest BCUT2D eigenvalue weighted by Crippen LogP contribution is 2.36. The van der Waals surface area contributed by atoms with Crippen molar-refractivity contribution in [2.45, 2.75) is 38.8 Å². The highest BCUT2D eigenvalue weighted by atomic mass is 19.4. The van der Waals surface area contributed by atoms with Crippen LogP contribution in [0.3, 0.4) is 0 Å². The lowest BCUT2D eigenvalue weighted by Crippen LogP contribution is -2.42. The standard InChI is InChI=1S/C24H25F3N4O/c1-15(2)16-9-11-18(12-10-16)28-23(32)17-6-5-13-31(14-17)22-21(24(25,26)27)29-19-7-3-4-8-20(19)30-22/h3-4,7-12,15,17H,5-6,13-14H2,1-2H3,(H,28,32)/t17-/m1/s1. The SMILES string of the molecule is CC(C)c1ccc(NC(=O)[C@@H]2CCCN(c3nc4ccccc4nc3C(F)(F)F)C2)cc1. The molecule has 168 valence electrons. The summed E-state index contributed by atoms with van der Waals surface area (Å²) >= 11 is 0. The highest BCUT2D eigenvalue weighted by molar-refractivity contribution is 5.93. The summed E-state index contributed by atoms with van der Waals surface area (Å²) in [5, 5.41) is 2.90. The average Bonchev–Trinajstić information content (AvgIpc) is 2.78. The van der Waals surface area contributed by atoms with Crippen LogP contribution in [-0.4, -0.2) is 29.0 Å². The molecule has 1 atom stereocenters. The van der Waals surface area contributed by atoms with Crippen LogP contribution in [0.25, 0.3) is 11.0 Å². The minimum atomic E-state index is -4.64. The van der Waals surface area contributed by atoms with Crippen LogP contribution < -0.4 is 10.2 Å². The number of halogens is 3. The molecule has 0 saturated carbocycles. The number of carbonyl (C=O) groups excluding carboxylic acids is 1. The van der Waals surface area contributed by atoms with Gasteiger partial charge in [0.2, 0.25) is 5.91 Å².